The Labute approximate surface area is 192 Å². The molecule has 186 valence electrons. The molecule has 1 N–H and O–H groups in total. The van der Waals surface area contributed by atoms with E-state index in [1.165, 1.54) is 4.31 Å². The number of carbonyl (C=O) groups is 1. The highest BCUT2D eigenvalue weighted by molar-refractivity contribution is 7.89. The van der Waals surface area contributed by atoms with E-state index in [0.29, 0.717) is 5.92 Å². The summed E-state index contributed by atoms with van der Waals surface area (Å²) >= 11 is 0. The number of urea groups is 1. The van der Waals surface area contributed by atoms with Crippen molar-refractivity contribution in [2.75, 3.05) is 45.8 Å². The predicted molar refractivity (Wildman–Crippen MR) is 116 cm³/mol. The van der Waals surface area contributed by atoms with Gasteiger partial charge in [0.1, 0.15) is 5.75 Å². The molecule has 3 rings (SSSR count). The van der Waals surface area contributed by atoms with Crippen LogP contribution in [-0.2, 0) is 10.0 Å². The number of alkyl halides is 3. The standard InChI is InChI=1S/C21H31F3N4O4S/c1-16(2)15-26-9-7-17(8-10-26)25-20(29)27-11-13-28(14-12-27)33(30,31)19-5-3-18(4-6-19)32-21(22,23)24/h3-6,16-17H,7-15H2,1-2H3,(H,25,29). The zero-order valence-electron chi connectivity index (χ0n) is 18.8. The number of likely N-dealkylation sites (tertiary alicyclic amines) is 1. The molecule has 8 nitrogen and oxygen atoms in total. The van der Waals surface area contributed by atoms with E-state index in [4.69, 9.17) is 0 Å². The summed E-state index contributed by atoms with van der Waals surface area (Å²) in [6.07, 6.45) is -3.07. The van der Waals surface area contributed by atoms with Crippen LogP contribution in [0.25, 0.3) is 0 Å². The van der Waals surface area contributed by atoms with E-state index in [-0.39, 0.29) is 43.1 Å². The quantitative estimate of drug-likeness (QED) is 0.661. The first-order chi connectivity index (χ1) is 15.4. The van der Waals surface area contributed by atoms with Gasteiger partial charge < -0.3 is 19.9 Å². The molecule has 1 aromatic carbocycles. The fourth-order valence-corrected chi connectivity index (χ4v) is 5.56. The van der Waals surface area contributed by atoms with Gasteiger partial charge in [0.15, 0.2) is 0 Å². The van der Waals surface area contributed by atoms with Gasteiger partial charge in [-0.1, -0.05) is 13.8 Å². The SMILES string of the molecule is CC(C)CN1CCC(NC(=O)N2CCN(S(=O)(=O)c3ccc(OC(F)(F)F)cc3)CC2)CC1. The molecule has 2 fully saturated rings. The lowest BCUT2D eigenvalue weighted by Crippen LogP contribution is -2.55. The Morgan fingerprint density at radius 3 is 2.15 bits per heavy atom. The second-order valence-electron chi connectivity index (χ2n) is 8.83. The molecule has 0 aromatic heterocycles. The number of halogens is 3. The Hall–Kier alpha value is -2.05. The van der Waals surface area contributed by atoms with Crippen LogP contribution in [0.15, 0.2) is 29.2 Å². The van der Waals surface area contributed by atoms with Gasteiger partial charge in [0.05, 0.1) is 4.90 Å². The summed E-state index contributed by atoms with van der Waals surface area (Å²) in [5, 5.41) is 3.06. The van der Waals surface area contributed by atoms with Gasteiger partial charge in [-0.15, -0.1) is 13.2 Å². The van der Waals surface area contributed by atoms with Gasteiger partial charge in [-0.2, -0.15) is 4.31 Å². The highest BCUT2D eigenvalue weighted by Crippen LogP contribution is 2.25. The number of piperazine rings is 1. The van der Waals surface area contributed by atoms with Gasteiger partial charge in [0.2, 0.25) is 10.0 Å². The second-order valence-corrected chi connectivity index (χ2v) is 10.8. The van der Waals surface area contributed by atoms with E-state index in [1.807, 2.05) is 0 Å². The van der Waals surface area contributed by atoms with E-state index in [0.717, 1.165) is 56.7 Å². The molecule has 2 amide bonds. The van der Waals surface area contributed by atoms with Crippen LogP contribution in [0.3, 0.4) is 0 Å². The van der Waals surface area contributed by atoms with Crippen LogP contribution in [0, 0.1) is 5.92 Å². The molecule has 33 heavy (non-hydrogen) atoms. The molecule has 12 heteroatoms. The molecular weight excluding hydrogens is 461 g/mol. The zero-order chi connectivity index (χ0) is 24.2. The monoisotopic (exact) mass is 492 g/mol. The number of piperidine rings is 1. The van der Waals surface area contributed by atoms with Crippen molar-refractivity contribution in [3.63, 3.8) is 0 Å². The Bertz CT molecular complexity index is 893. The van der Waals surface area contributed by atoms with E-state index >= 15 is 0 Å². The van der Waals surface area contributed by atoms with Crippen molar-refractivity contribution in [2.45, 2.75) is 44.0 Å². The Kier molecular flexibility index (Phi) is 8.12. The average Bonchev–Trinajstić information content (AvgIpc) is 2.74. The number of rotatable bonds is 6. The number of hydrogen-bond acceptors (Lipinski definition) is 5. The fraction of sp³-hybridized carbons (Fsp3) is 0.667. The van der Waals surface area contributed by atoms with Crippen LogP contribution >= 0.6 is 0 Å². The number of hydrogen-bond donors (Lipinski definition) is 1. The lowest BCUT2D eigenvalue weighted by atomic mass is 10.0. The summed E-state index contributed by atoms with van der Waals surface area (Å²) in [6, 6.07) is 4.03. The first-order valence-electron chi connectivity index (χ1n) is 11.1. The van der Waals surface area contributed by atoms with Crippen LogP contribution in [0.1, 0.15) is 26.7 Å². The molecule has 1 aromatic rings. The molecule has 2 aliphatic rings. The maximum atomic E-state index is 12.8. The molecule has 0 aliphatic carbocycles. The molecule has 2 saturated heterocycles. The number of sulfonamides is 1. The Morgan fingerprint density at radius 2 is 1.64 bits per heavy atom. The highest BCUT2D eigenvalue weighted by Gasteiger charge is 2.33. The average molecular weight is 493 g/mol. The minimum atomic E-state index is -4.84. The van der Waals surface area contributed by atoms with Gasteiger partial charge in [0.25, 0.3) is 0 Å². The maximum absolute atomic E-state index is 12.8. The zero-order valence-corrected chi connectivity index (χ0v) is 19.7. The largest absolute Gasteiger partial charge is 0.573 e. The third-order valence-electron chi connectivity index (χ3n) is 5.76. The van der Waals surface area contributed by atoms with Crippen molar-refractivity contribution in [3.8, 4) is 5.75 Å². The maximum Gasteiger partial charge on any atom is 0.573 e. The molecule has 2 heterocycles. The number of ether oxygens (including phenoxy) is 1. The molecule has 0 unspecified atom stereocenters. The van der Waals surface area contributed by atoms with Gasteiger partial charge >= 0.3 is 12.4 Å². The van der Waals surface area contributed by atoms with Crippen LogP contribution in [-0.4, -0.2) is 86.8 Å². The van der Waals surface area contributed by atoms with Crippen LogP contribution in [0.4, 0.5) is 18.0 Å². The summed E-state index contributed by atoms with van der Waals surface area (Å²) in [5.74, 6) is 0.118. The van der Waals surface area contributed by atoms with Gasteiger partial charge in [-0.25, -0.2) is 13.2 Å². The van der Waals surface area contributed by atoms with Crippen molar-refractivity contribution >= 4 is 16.1 Å². The number of nitrogens with zero attached hydrogens (tertiary/aromatic N) is 3. The number of carbonyl (C=O) groups excluding carboxylic acids is 1. The lowest BCUT2D eigenvalue weighted by molar-refractivity contribution is -0.274. The summed E-state index contributed by atoms with van der Waals surface area (Å²) < 4.78 is 67.5. The smallest absolute Gasteiger partial charge is 0.406 e. The molecule has 0 atom stereocenters. The Morgan fingerprint density at radius 1 is 1.06 bits per heavy atom. The van der Waals surface area contributed by atoms with Crippen molar-refractivity contribution in [1.82, 2.24) is 19.4 Å². The summed E-state index contributed by atoms with van der Waals surface area (Å²) in [7, 11) is -3.88. The molecule has 0 saturated carbocycles. The highest BCUT2D eigenvalue weighted by atomic mass is 32.2. The van der Waals surface area contributed by atoms with Crippen LogP contribution in [0.5, 0.6) is 5.75 Å². The van der Waals surface area contributed by atoms with Crippen molar-refractivity contribution in [2.24, 2.45) is 5.92 Å². The van der Waals surface area contributed by atoms with Crippen molar-refractivity contribution in [1.29, 1.82) is 0 Å². The predicted octanol–water partition coefficient (Wildman–Crippen LogP) is 2.72. The summed E-state index contributed by atoms with van der Waals surface area (Å²) in [4.78, 5) is 16.5. The normalized spacial score (nSPS) is 19.6. The van der Waals surface area contributed by atoms with Crippen molar-refractivity contribution in [3.05, 3.63) is 24.3 Å². The molecule has 0 bridgehead atoms. The minimum Gasteiger partial charge on any atom is -0.406 e. The third-order valence-corrected chi connectivity index (χ3v) is 7.67. The van der Waals surface area contributed by atoms with Crippen molar-refractivity contribution < 1.29 is 31.1 Å². The van der Waals surface area contributed by atoms with E-state index in [2.05, 4.69) is 28.8 Å². The van der Waals surface area contributed by atoms with Crippen LogP contribution in [0.2, 0.25) is 0 Å². The second kappa shape index (κ2) is 10.5. The van der Waals surface area contributed by atoms with Gasteiger partial charge in [0, 0.05) is 51.9 Å². The lowest BCUT2D eigenvalue weighted by Gasteiger charge is -2.37. The topological polar surface area (TPSA) is 82.2 Å². The molecular formula is C21H31F3N4O4S. The number of benzene rings is 1. The number of amides is 2. The van der Waals surface area contributed by atoms with Gasteiger partial charge in [-0.3, -0.25) is 0 Å². The molecule has 0 spiro atoms. The van der Waals surface area contributed by atoms with E-state index < -0.39 is 22.1 Å². The Balaban J connectivity index is 1.48. The fourth-order valence-electron chi connectivity index (χ4n) is 4.14. The summed E-state index contributed by atoms with van der Waals surface area (Å²) in [5.41, 5.74) is 0. The number of nitrogens with one attached hydrogen (secondary N) is 1. The first kappa shape index (κ1) is 25.6. The molecule has 0 radical (unpaired) electrons. The first-order valence-corrected chi connectivity index (χ1v) is 12.5. The van der Waals surface area contributed by atoms with E-state index in [9.17, 15) is 26.4 Å². The third kappa shape index (κ3) is 7.21. The van der Waals surface area contributed by atoms with E-state index in [1.54, 1.807) is 4.90 Å². The minimum absolute atomic E-state index is 0.111. The summed E-state index contributed by atoms with van der Waals surface area (Å²) in [6.45, 7) is 8.03. The van der Waals surface area contributed by atoms with Gasteiger partial charge in [-0.05, 0) is 43.0 Å². The molecule has 2 aliphatic heterocycles. The van der Waals surface area contributed by atoms with Crippen LogP contribution < -0.4 is 10.1 Å².